The number of oxime groups is 1. The highest BCUT2D eigenvalue weighted by Crippen LogP contribution is 2.33. The first kappa shape index (κ1) is 40.7. The van der Waals surface area contributed by atoms with Crippen molar-refractivity contribution in [2.24, 2.45) is 22.7 Å². The Morgan fingerprint density at radius 3 is 2.28 bits per heavy atom. The van der Waals surface area contributed by atoms with Crippen LogP contribution in [0.15, 0.2) is 76.8 Å². The van der Waals surface area contributed by atoms with E-state index in [1.165, 1.54) is 20.1 Å². The second-order valence-electron chi connectivity index (χ2n) is 14.0. The molecule has 1 atom stereocenters. The number of nitrogens with one attached hydrogen (secondary N) is 1. The maximum atomic E-state index is 14.2. The van der Waals surface area contributed by atoms with Crippen LogP contribution in [-0.4, -0.2) is 82.3 Å². The average Bonchev–Trinajstić information content (AvgIpc) is 3.12. The van der Waals surface area contributed by atoms with Crippen molar-refractivity contribution in [1.29, 1.82) is 0 Å². The molecule has 0 aliphatic carbocycles. The minimum Gasteiger partial charge on any atom is -0.493 e. The third-order valence-corrected chi connectivity index (χ3v) is 10.6. The zero-order valence-electron chi connectivity index (χ0n) is 31.2. The van der Waals surface area contributed by atoms with Gasteiger partial charge in [0, 0.05) is 32.1 Å². The first-order chi connectivity index (χ1) is 25.1. The maximum Gasteiger partial charge on any atom is 0.407 e. The number of ether oxygens (including phenoxy) is 3. The molecule has 13 nitrogen and oxygen atoms in total. The molecule has 3 aromatic rings. The lowest BCUT2D eigenvalue weighted by atomic mass is 9.92. The quantitative estimate of drug-likeness (QED) is 0.0947. The summed E-state index contributed by atoms with van der Waals surface area (Å²) in [5, 5.41) is 6.45. The number of amidine groups is 1. The van der Waals surface area contributed by atoms with E-state index in [1.54, 1.807) is 81.3 Å². The Balaban J connectivity index is 1.55. The van der Waals surface area contributed by atoms with Gasteiger partial charge >= 0.3 is 12.1 Å². The van der Waals surface area contributed by atoms with Crippen molar-refractivity contribution in [3.63, 3.8) is 0 Å². The molecule has 1 heterocycles. The molecule has 14 heteroatoms. The van der Waals surface area contributed by atoms with E-state index in [0.29, 0.717) is 60.7 Å². The first-order valence-corrected chi connectivity index (χ1v) is 19.1. The molecule has 3 aromatic carbocycles. The number of alkyl carbamates (subject to hydrolysis) is 1. The molecule has 53 heavy (non-hydrogen) atoms. The van der Waals surface area contributed by atoms with Gasteiger partial charge in [-0.15, -0.1) is 0 Å². The number of hydrogen-bond donors (Lipinski definition) is 2. The number of likely N-dealkylation sites (tertiary alicyclic amines) is 1. The van der Waals surface area contributed by atoms with Crippen molar-refractivity contribution in [3.8, 4) is 22.6 Å². The van der Waals surface area contributed by atoms with E-state index in [4.69, 9.17) is 19.9 Å². The van der Waals surface area contributed by atoms with Gasteiger partial charge in [-0.05, 0) is 99.4 Å². The van der Waals surface area contributed by atoms with E-state index >= 15 is 0 Å². The van der Waals surface area contributed by atoms with Gasteiger partial charge in [0.15, 0.2) is 27.2 Å². The number of amides is 2. The predicted molar refractivity (Wildman–Crippen MR) is 201 cm³/mol. The Bertz CT molecular complexity index is 1900. The summed E-state index contributed by atoms with van der Waals surface area (Å²) in [6.07, 6.45) is 1.81. The molecular weight excluding hydrogens is 701 g/mol. The standard InChI is InChI=1S/C39H50N4O9S/c1-26(44)52-42-36(40)31-11-7-9-28(21-31)22-32(37(45)43-19-16-27(17-20-43)15-18-41-38(46)51-39(2,3)4)25-53(47,48)33-12-8-10-29(23-33)30-13-14-34(49-5)35(24-30)50-6/h7-14,21,23-24,27,32H,15-20,22,25H2,1-6H3,(H2,40,42)(H,41,46). The van der Waals surface area contributed by atoms with Gasteiger partial charge in [-0.1, -0.05) is 41.6 Å². The summed E-state index contributed by atoms with van der Waals surface area (Å²) < 4.78 is 44.3. The van der Waals surface area contributed by atoms with Crippen LogP contribution in [0.4, 0.5) is 4.79 Å². The lowest BCUT2D eigenvalue weighted by Gasteiger charge is -2.34. The molecule has 1 aliphatic rings. The summed E-state index contributed by atoms with van der Waals surface area (Å²) in [6, 6.07) is 18.9. The monoisotopic (exact) mass is 750 g/mol. The van der Waals surface area contributed by atoms with Gasteiger partial charge in [0.2, 0.25) is 5.91 Å². The number of piperidine rings is 1. The highest BCUT2D eigenvalue weighted by atomic mass is 32.2. The summed E-state index contributed by atoms with van der Waals surface area (Å²) in [5.74, 6) is -0.932. The number of rotatable bonds is 14. The molecule has 4 rings (SSSR count). The van der Waals surface area contributed by atoms with Crippen LogP contribution in [-0.2, 0) is 35.4 Å². The Hall–Kier alpha value is -5.11. The zero-order valence-corrected chi connectivity index (χ0v) is 32.0. The second-order valence-corrected chi connectivity index (χ2v) is 16.1. The van der Waals surface area contributed by atoms with Crippen molar-refractivity contribution in [3.05, 3.63) is 77.9 Å². The topological polar surface area (TPSA) is 176 Å². The zero-order chi connectivity index (χ0) is 38.8. The molecule has 0 saturated carbocycles. The van der Waals surface area contributed by atoms with Crippen molar-refractivity contribution in [2.45, 2.75) is 63.9 Å². The van der Waals surface area contributed by atoms with Gasteiger partial charge in [-0.25, -0.2) is 18.0 Å². The summed E-state index contributed by atoms with van der Waals surface area (Å²) in [4.78, 5) is 44.0. The molecule has 0 spiro atoms. The van der Waals surface area contributed by atoms with Crippen molar-refractivity contribution >= 4 is 33.6 Å². The van der Waals surface area contributed by atoms with Crippen LogP contribution in [0.1, 0.15) is 58.1 Å². The molecule has 286 valence electrons. The molecule has 1 saturated heterocycles. The highest BCUT2D eigenvalue weighted by molar-refractivity contribution is 7.91. The molecule has 0 bridgehead atoms. The van der Waals surface area contributed by atoms with Crippen LogP contribution in [0.2, 0.25) is 0 Å². The van der Waals surface area contributed by atoms with Crippen LogP contribution in [0.3, 0.4) is 0 Å². The Kier molecular flexibility index (Phi) is 13.9. The number of hydrogen-bond acceptors (Lipinski definition) is 10. The molecule has 1 fully saturated rings. The fourth-order valence-electron chi connectivity index (χ4n) is 6.16. The van der Waals surface area contributed by atoms with E-state index in [1.807, 2.05) is 12.1 Å². The normalized spacial score (nSPS) is 14.6. The number of carbonyl (C=O) groups excluding carboxylic acids is 3. The average molecular weight is 751 g/mol. The van der Waals surface area contributed by atoms with Gasteiger partial charge in [-0.3, -0.25) is 4.79 Å². The third kappa shape index (κ3) is 12.0. The lowest BCUT2D eigenvalue weighted by Crippen LogP contribution is -2.44. The molecule has 1 aliphatic heterocycles. The van der Waals surface area contributed by atoms with E-state index in [2.05, 4.69) is 15.3 Å². The fraction of sp³-hybridized carbons (Fsp3) is 0.436. The minimum atomic E-state index is -3.97. The van der Waals surface area contributed by atoms with E-state index in [-0.39, 0.29) is 29.0 Å². The number of methoxy groups -OCH3 is 2. The molecule has 0 aromatic heterocycles. The summed E-state index contributed by atoms with van der Waals surface area (Å²) in [5.41, 5.74) is 7.98. The summed E-state index contributed by atoms with van der Waals surface area (Å²) >= 11 is 0. The van der Waals surface area contributed by atoms with Gasteiger partial charge in [0.25, 0.3) is 0 Å². The van der Waals surface area contributed by atoms with Crippen molar-refractivity contribution < 1.29 is 41.8 Å². The Morgan fingerprint density at radius 2 is 1.62 bits per heavy atom. The number of carbonyl (C=O) groups is 3. The van der Waals surface area contributed by atoms with E-state index < -0.39 is 39.2 Å². The minimum absolute atomic E-state index is 0.0345. The third-order valence-electron chi connectivity index (χ3n) is 8.80. The van der Waals surface area contributed by atoms with Crippen LogP contribution in [0.5, 0.6) is 11.5 Å². The van der Waals surface area contributed by atoms with Gasteiger partial charge < -0.3 is 35.0 Å². The first-order valence-electron chi connectivity index (χ1n) is 17.5. The second kappa shape index (κ2) is 18.1. The molecule has 2 amide bonds. The van der Waals surface area contributed by atoms with E-state index in [9.17, 15) is 22.8 Å². The number of nitrogens with two attached hydrogens (primary N) is 1. The van der Waals surface area contributed by atoms with E-state index in [0.717, 1.165) is 12.0 Å². The lowest BCUT2D eigenvalue weighted by molar-refractivity contribution is -0.141. The fourth-order valence-corrected chi connectivity index (χ4v) is 7.74. The van der Waals surface area contributed by atoms with Crippen molar-refractivity contribution in [1.82, 2.24) is 10.2 Å². The smallest absolute Gasteiger partial charge is 0.407 e. The Labute approximate surface area is 311 Å². The van der Waals surface area contributed by atoms with Crippen LogP contribution < -0.4 is 20.5 Å². The number of nitrogens with zero attached hydrogens (tertiary/aromatic N) is 2. The van der Waals surface area contributed by atoms with Crippen LogP contribution in [0.25, 0.3) is 11.1 Å². The highest BCUT2D eigenvalue weighted by Gasteiger charge is 2.33. The maximum absolute atomic E-state index is 14.2. The summed E-state index contributed by atoms with van der Waals surface area (Å²) in [7, 11) is -0.901. The Morgan fingerprint density at radius 1 is 0.943 bits per heavy atom. The largest absolute Gasteiger partial charge is 0.493 e. The molecule has 0 radical (unpaired) electrons. The van der Waals surface area contributed by atoms with Crippen LogP contribution in [0, 0.1) is 11.8 Å². The molecule has 1 unspecified atom stereocenters. The number of benzene rings is 3. The van der Waals surface area contributed by atoms with Gasteiger partial charge in [0.05, 0.1) is 30.8 Å². The SMILES string of the molecule is COc1ccc(-c2cccc(S(=O)(=O)CC(Cc3cccc(/C(N)=N\OC(C)=O)c3)C(=O)N3CCC(CCNC(=O)OC(C)(C)C)CC3)c2)cc1OC. The van der Waals surface area contributed by atoms with Gasteiger partial charge in [0.1, 0.15) is 5.60 Å². The van der Waals surface area contributed by atoms with Crippen molar-refractivity contribution in [2.75, 3.05) is 39.6 Å². The molecule has 3 N–H and O–H groups in total. The molecular formula is C39H50N4O9S. The van der Waals surface area contributed by atoms with Gasteiger partial charge in [-0.2, -0.15) is 0 Å². The van der Waals surface area contributed by atoms with Crippen LogP contribution >= 0.6 is 0 Å². The predicted octanol–water partition coefficient (Wildman–Crippen LogP) is 5.34. The number of sulfone groups is 1. The summed E-state index contributed by atoms with van der Waals surface area (Å²) in [6.45, 7) is 8.00.